The number of nitrogens with one attached hydrogen (secondary N) is 1. The molecule has 1 fully saturated rings. The van der Waals surface area contributed by atoms with Gasteiger partial charge >= 0.3 is 5.69 Å². The van der Waals surface area contributed by atoms with E-state index in [0.717, 1.165) is 12.8 Å². The number of benzene rings is 1. The van der Waals surface area contributed by atoms with E-state index in [4.69, 9.17) is 21.1 Å². The third-order valence-electron chi connectivity index (χ3n) is 3.53. The Bertz CT molecular complexity index is 512. The van der Waals surface area contributed by atoms with Gasteiger partial charge in [0.15, 0.2) is 5.75 Å². The second-order valence-corrected chi connectivity index (χ2v) is 5.43. The van der Waals surface area contributed by atoms with Crippen molar-refractivity contribution in [1.82, 2.24) is 5.32 Å². The van der Waals surface area contributed by atoms with Crippen LogP contribution in [0.15, 0.2) is 18.2 Å². The van der Waals surface area contributed by atoms with Gasteiger partial charge in [0.1, 0.15) is 12.2 Å². The van der Waals surface area contributed by atoms with Crippen LogP contribution in [-0.4, -0.2) is 36.8 Å². The molecule has 0 bridgehead atoms. The van der Waals surface area contributed by atoms with Crippen molar-refractivity contribution < 1.29 is 14.4 Å². The molecule has 0 aliphatic heterocycles. The van der Waals surface area contributed by atoms with Gasteiger partial charge in [-0.3, -0.25) is 10.1 Å². The van der Waals surface area contributed by atoms with Crippen LogP contribution < -0.4 is 10.1 Å². The minimum atomic E-state index is -0.489. The number of hydrogen-bond acceptors (Lipinski definition) is 5. The van der Waals surface area contributed by atoms with Crippen LogP contribution in [0, 0.1) is 10.1 Å². The van der Waals surface area contributed by atoms with Crippen molar-refractivity contribution in [2.75, 3.05) is 13.7 Å². The molecular weight excluding hydrogens is 296 g/mol. The summed E-state index contributed by atoms with van der Waals surface area (Å²) in [5, 5.41) is 14.5. The van der Waals surface area contributed by atoms with Crippen molar-refractivity contribution in [3.63, 3.8) is 0 Å². The quantitative estimate of drug-likeness (QED) is 0.619. The normalized spacial score (nSPS) is 24.4. The molecule has 1 aromatic carbocycles. The Morgan fingerprint density at radius 3 is 2.90 bits per heavy atom. The fourth-order valence-electron chi connectivity index (χ4n) is 2.35. The van der Waals surface area contributed by atoms with Crippen LogP contribution in [0.5, 0.6) is 5.75 Å². The summed E-state index contributed by atoms with van der Waals surface area (Å²) in [5.41, 5.74) is -0.121. The summed E-state index contributed by atoms with van der Waals surface area (Å²) in [6.45, 7) is 2.68. The van der Waals surface area contributed by atoms with Gasteiger partial charge in [-0.25, -0.2) is 0 Å². The summed E-state index contributed by atoms with van der Waals surface area (Å²) < 4.78 is 11.5. The predicted octanol–water partition coefficient (Wildman–Crippen LogP) is 2.78. The molecule has 0 saturated heterocycles. The van der Waals surface area contributed by atoms with Crippen LogP contribution in [0.1, 0.15) is 19.8 Å². The molecule has 1 aliphatic rings. The summed E-state index contributed by atoms with van der Waals surface area (Å²) >= 11 is 5.79. The second kappa shape index (κ2) is 7.06. The van der Waals surface area contributed by atoms with Crippen LogP contribution in [0.4, 0.5) is 5.69 Å². The van der Waals surface area contributed by atoms with Crippen LogP contribution >= 0.6 is 11.6 Å². The number of nitro benzene ring substituents is 1. The summed E-state index contributed by atoms with van der Waals surface area (Å²) in [5.74, 6) is 0.231. The molecule has 1 aliphatic carbocycles. The first-order valence-corrected chi connectivity index (χ1v) is 7.34. The first-order valence-electron chi connectivity index (χ1n) is 6.96. The van der Waals surface area contributed by atoms with E-state index < -0.39 is 4.92 Å². The van der Waals surface area contributed by atoms with E-state index in [2.05, 4.69) is 5.32 Å². The third kappa shape index (κ3) is 3.64. The largest absolute Gasteiger partial charge is 0.481 e. The fourth-order valence-corrected chi connectivity index (χ4v) is 2.52. The number of rotatable bonds is 7. The van der Waals surface area contributed by atoms with Crippen molar-refractivity contribution in [2.24, 2.45) is 0 Å². The highest BCUT2D eigenvalue weighted by atomic mass is 35.5. The first kappa shape index (κ1) is 16.0. The van der Waals surface area contributed by atoms with E-state index in [1.165, 1.54) is 12.1 Å². The lowest BCUT2D eigenvalue weighted by Gasteiger charge is -2.43. The molecule has 1 N–H and O–H groups in total. The fraction of sp³-hybridized carbons (Fsp3) is 0.571. The molecule has 1 saturated carbocycles. The minimum absolute atomic E-state index is 0.0924. The SMILES string of the molecule is CCCOC1C(NC)CC1Oc1ccc(Cl)cc1[N+](=O)[O-]. The number of hydrogen-bond donors (Lipinski definition) is 1. The van der Waals surface area contributed by atoms with Gasteiger partial charge in [-0.2, -0.15) is 0 Å². The van der Waals surface area contributed by atoms with Crippen molar-refractivity contribution in [3.05, 3.63) is 33.3 Å². The molecule has 6 nitrogen and oxygen atoms in total. The number of ether oxygens (including phenoxy) is 2. The maximum absolute atomic E-state index is 11.1. The first-order chi connectivity index (χ1) is 10.1. The highest BCUT2D eigenvalue weighted by Crippen LogP contribution is 2.35. The average molecular weight is 315 g/mol. The van der Waals surface area contributed by atoms with Gasteiger partial charge in [0, 0.05) is 30.2 Å². The molecule has 3 atom stereocenters. The van der Waals surface area contributed by atoms with E-state index in [1.807, 2.05) is 14.0 Å². The molecule has 3 unspecified atom stereocenters. The highest BCUT2D eigenvalue weighted by molar-refractivity contribution is 6.30. The summed E-state index contributed by atoms with van der Waals surface area (Å²) in [6.07, 6.45) is 1.39. The van der Waals surface area contributed by atoms with Crippen LogP contribution in [0.2, 0.25) is 5.02 Å². The molecule has 0 amide bonds. The molecule has 116 valence electrons. The van der Waals surface area contributed by atoms with Crippen LogP contribution in [0.25, 0.3) is 0 Å². The Balaban J connectivity index is 2.09. The predicted molar refractivity (Wildman–Crippen MR) is 80.0 cm³/mol. The topological polar surface area (TPSA) is 73.6 Å². The van der Waals surface area contributed by atoms with Crippen molar-refractivity contribution in [1.29, 1.82) is 0 Å². The standard InChI is InChI=1S/C14H19ClN2O4/c1-3-6-20-14-10(16-2)8-13(14)21-12-5-4-9(15)7-11(12)17(18)19/h4-5,7,10,13-14,16H,3,6,8H2,1-2H3. The lowest BCUT2D eigenvalue weighted by atomic mass is 9.85. The number of nitro groups is 1. The number of halogens is 1. The van der Waals surface area contributed by atoms with Crippen molar-refractivity contribution in [2.45, 2.75) is 38.0 Å². The third-order valence-corrected chi connectivity index (χ3v) is 3.77. The molecule has 0 spiro atoms. The molecular formula is C14H19ClN2O4. The summed E-state index contributed by atoms with van der Waals surface area (Å²) in [7, 11) is 1.87. The zero-order chi connectivity index (χ0) is 15.4. The van der Waals surface area contributed by atoms with Gasteiger partial charge in [0.2, 0.25) is 0 Å². The van der Waals surface area contributed by atoms with E-state index in [-0.39, 0.29) is 29.7 Å². The van der Waals surface area contributed by atoms with Gasteiger partial charge in [-0.05, 0) is 25.6 Å². The van der Waals surface area contributed by atoms with Gasteiger partial charge in [0.05, 0.1) is 4.92 Å². The van der Waals surface area contributed by atoms with Crippen molar-refractivity contribution in [3.8, 4) is 5.75 Å². The van der Waals surface area contributed by atoms with Gasteiger partial charge in [-0.15, -0.1) is 0 Å². The molecule has 0 radical (unpaired) electrons. The molecule has 7 heteroatoms. The summed E-state index contributed by atoms with van der Waals surface area (Å²) in [4.78, 5) is 10.6. The lowest BCUT2D eigenvalue weighted by molar-refractivity contribution is -0.386. The Morgan fingerprint density at radius 1 is 1.52 bits per heavy atom. The van der Waals surface area contributed by atoms with Crippen LogP contribution in [0.3, 0.4) is 0 Å². The smallest absolute Gasteiger partial charge is 0.312 e. The maximum Gasteiger partial charge on any atom is 0.312 e. The van der Waals surface area contributed by atoms with Gasteiger partial charge in [-0.1, -0.05) is 18.5 Å². The molecule has 1 aromatic rings. The molecule has 0 aromatic heterocycles. The monoisotopic (exact) mass is 314 g/mol. The minimum Gasteiger partial charge on any atom is -0.481 e. The summed E-state index contributed by atoms with van der Waals surface area (Å²) in [6, 6.07) is 4.63. The van der Waals surface area contributed by atoms with Gasteiger partial charge < -0.3 is 14.8 Å². The van der Waals surface area contributed by atoms with E-state index >= 15 is 0 Å². The maximum atomic E-state index is 11.1. The van der Waals surface area contributed by atoms with Crippen molar-refractivity contribution >= 4 is 17.3 Å². The lowest BCUT2D eigenvalue weighted by Crippen LogP contribution is -2.60. The number of nitrogens with zero attached hydrogens (tertiary/aromatic N) is 1. The Morgan fingerprint density at radius 2 is 2.29 bits per heavy atom. The van der Waals surface area contributed by atoms with E-state index in [1.54, 1.807) is 6.07 Å². The average Bonchev–Trinajstić information content (AvgIpc) is 2.44. The zero-order valence-electron chi connectivity index (χ0n) is 12.0. The van der Waals surface area contributed by atoms with E-state index in [0.29, 0.717) is 11.6 Å². The Kier molecular flexibility index (Phi) is 5.39. The Hall–Kier alpha value is -1.37. The molecule has 21 heavy (non-hydrogen) atoms. The molecule has 0 heterocycles. The second-order valence-electron chi connectivity index (χ2n) is 4.99. The van der Waals surface area contributed by atoms with Crippen LogP contribution in [-0.2, 0) is 4.74 Å². The van der Waals surface area contributed by atoms with E-state index in [9.17, 15) is 10.1 Å². The van der Waals surface area contributed by atoms with Gasteiger partial charge in [0.25, 0.3) is 0 Å². The highest BCUT2D eigenvalue weighted by Gasteiger charge is 2.43. The molecule has 2 rings (SSSR count). The number of likely N-dealkylation sites (N-methyl/N-ethyl adjacent to an activating group) is 1. The Labute approximate surface area is 128 Å². The zero-order valence-corrected chi connectivity index (χ0v) is 12.8.